The third-order valence-corrected chi connectivity index (χ3v) is 4.74. The number of nitrogens with one attached hydrogen (secondary N) is 1. The minimum atomic E-state index is -3.23. The highest BCUT2D eigenvalue weighted by atomic mass is 32.2. The van der Waals surface area contributed by atoms with Crippen molar-refractivity contribution in [3.8, 4) is 11.5 Å². The number of methoxy groups -OCH3 is 1. The van der Waals surface area contributed by atoms with E-state index in [-0.39, 0.29) is 23.5 Å². The van der Waals surface area contributed by atoms with Gasteiger partial charge in [0.2, 0.25) is 0 Å². The maximum absolute atomic E-state index is 12.0. The van der Waals surface area contributed by atoms with Gasteiger partial charge in [-0.3, -0.25) is 4.79 Å². The smallest absolute Gasteiger partial charge is 0.258 e. The predicted molar refractivity (Wildman–Crippen MR) is 94.6 cm³/mol. The highest BCUT2D eigenvalue weighted by Gasteiger charge is 2.12. The molecule has 0 radical (unpaired) electrons. The topological polar surface area (TPSA) is 81.7 Å². The SMILES string of the molecule is COc1ccc(OCC(=O)N[C@H](C)c2ccc(S(C)(=O)=O)cc2)cc1. The van der Waals surface area contributed by atoms with Crippen LogP contribution in [0.4, 0.5) is 0 Å². The van der Waals surface area contributed by atoms with Crippen LogP contribution in [-0.4, -0.2) is 34.3 Å². The molecular formula is C18H21NO5S. The van der Waals surface area contributed by atoms with E-state index in [1.165, 1.54) is 12.1 Å². The molecule has 2 rings (SSSR count). The molecule has 0 bridgehead atoms. The summed E-state index contributed by atoms with van der Waals surface area (Å²) in [6, 6.07) is 13.1. The molecule has 134 valence electrons. The Morgan fingerprint density at radius 1 is 1.04 bits per heavy atom. The number of amides is 1. The Morgan fingerprint density at radius 3 is 2.12 bits per heavy atom. The third-order valence-electron chi connectivity index (χ3n) is 3.62. The predicted octanol–water partition coefficient (Wildman–Crippen LogP) is 2.35. The number of ether oxygens (including phenoxy) is 2. The monoisotopic (exact) mass is 363 g/mol. The summed E-state index contributed by atoms with van der Waals surface area (Å²) in [7, 11) is -1.65. The first-order valence-corrected chi connectivity index (χ1v) is 9.55. The van der Waals surface area contributed by atoms with Crippen LogP contribution in [0.3, 0.4) is 0 Å². The van der Waals surface area contributed by atoms with Gasteiger partial charge in [0.25, 0.3) is 5.91 Å². The Kier molecular flexibility index (Phi) is 6.03. The Hall–Kier alpha value is -2.54. The average Bonchev–Trinajstić information content (AvgIpc) is 2.59. The van der Waals surface area contributed by atoms with Crippen molar-refractivity contribution < 1.29 is 22.7 Å². The molecule has 2 aromatic rings. The van der Waals surface area contributed by atoms with Crippen molar-refractivity contribution in [2.75, 3.05) is 20.0 Å². The summed E-state index contributed by atoms with van der Waals surface area (Å²) in [5, 5.41) is 2.81. The number of hydrogen-bond acceptors (Lipinski definition) is 5. The third kappa shape index (κ3) is 5.49. The maximum Gasteiger partial charge on any atom is 0.258 e. The van der Waals surface area contributed by atoms with Crippen LogP contribution in [0.5, 0.6) is 11.5 Å². The van der Waals surface area contributed by atoms with Crippen LogP contribution in [-0.2, 0) is 14.6 Å². The number of rotatable bonds is 7. The number of carbonyl (C=O) groups excluding carboxylic acids is 1. The Balaban J connectivity index is 1.88. The molecule has 1 atom stereocenters. The van der Waals surface area contributed by atoms with E-state index >= 15 is 0 Å². The van der Waals surface area contributed by atoms with Gasteiger partial charge in [-0.1, -0.05) is 12.1 Å². The first-order chi connectivity index (χ1) is 11.8. The fourth-order valence-corrected chi connectivity index (χ4v) is 2.82. The minimum absolute atomic E-state index is 0.113. The first kappa shape index (κ1) is 18.8. The molecule has 0 aliphatic heterocycles. The second-order valence-electron chi connectivity index (χ2n) is 5.59. The molecule has 2 aromatic carbocycles. The molecule has 0 aromatic heterocycles. The van der Waals surface area contributed by atoms with Crippen LogP contribution in [0.1, 0.15) is 18.5 Å². The van der Waals surface area contributed by atoms with Crippen molar-refractivity contribution in [2.45, 2.75) is 17.9 Å². The van der Waals surface area contributed by atoms with E-state index in [4.69, 9.17) is 9.47 Å². The van der Waals surface area contributed by atoms with E-state index in [9.17, 15) is 13.2 Å². The van der Waals surface area contributed by atoms with Crippen molar-refractivity contribution in [1.29, 1.82) is 0 Å². The van der Waals surface area contributed by atoms with E-state index in [0.717, 1.165) is 11.8 Å². The minimum Gasteiger partial charge on any atom is -0.497 e. The van der Waals surface area contributed by atoms with Gasteiger partial charge >= 0.3 is 0 Å². The zero-order valence-electron chi connectivity index (χ0n) is 14.4. The zero-order valence-corrected chi connectivity index (χ0v) is 15.2. The molecular weight excluding hydrogens is 342 g/mol. The largest absolute Gasteiger partial charge is 0.497 e. The quantitative estimate of drug-likeness (QED) is 0.817. The van der Waals surface area contributed by atoms with E-state index in [2.05, 4.69) is 5.32 Å². The second-order valence-corrected chi connectivity index (χ2v) is 7.61. The zero-order chi connectivity index (χ0) is 18.4. The molecule has 1 N–H and O–H groups in total. The fraction of sp³-hybridized carbons (Fsp3) is 0.278. The molecule has 0 saturated heterocycles. The Labute approximate surface area is 147 Å². The number of sulfone groups is 1. The van der Waals surface area contributed by atoms with Gasteiger partial charge in [-0.2, -0.15) is 0 Å². The highest BCUT2D eigenvalue weighted by Crippen LogP contribution is 2.18. The highest BCUT2D eigenvalue weighted by molar-refractivity contribution is 7.90. The lowest BCUT2D eigenvalue weighted by atomic mass is 10.1. The van der Waals surface area contributed by atoms with E-state index in [1.54, 1.807) is 43.5 Å². The van der Waals surface area contributed by atoms with E-state index < -0.39 is 9.84 Å². The van der Waals surface area contributed by atoms with Crippen LogP contribution in [0, 0.1) is 0 Å². The molecule has 0 aliphatic rings. The number of hydrogen-bond donors (Lipinski definition) is 1. The summed E-state index contributed by atoms with van der Waals surface area (Å²) >= 11 is 0. The van der Waals surface area contributed by atoms with Gasteiger partial charge in [-0.15, -0.1) is 0 Å². The average molecular weight is 363 g/mol. The van der Waals surface area contributed by atoms with Gasteiger partial charge in [0.05, 0.1) is 18.0 Å². The van der Waals surface area contributed by atoms with E-state index in [0.29, 0.717) is 11.5 Å². The van der Waals surface area contributed by atoms with Gasteiger partial charge < -0.3 is 14.8 Å². The normalized spacial score (nSPS) is 12.3. The molecule has 0 saturated carbocycles. The molecule has 7 heteroatoms. The van der Waals surface area contributed by atoms with Gasteiger partial charge in [-0.25, -0.2) is 8.42 Å². The van der Waals surface area contributed by atoms with Gasteiger partial charge in [0.1, 0.15) is 11.5 Å². The summed E-state index contributed by atoms with van der Waals surface area (Å²) in [5.41, 5.74) is 0.810. The summed E-state index contributed by atoms with van der Waals surface area (Å²) in [6.07, 6.45) is 1.16. The van der Waals surface area contributed by atoms with Gasteiger partial charge in [-0.05, 0) is 48.9 Å². The van der Waals surface area contributed by atoms with Crippen molar-refractivity contribution in [3.63, 3.8) is 0 Å². The fourth-order valence-electron chi connectivity index (χ4n) is 2.19. The van der Waals surface area contributed by atoms with Crippen LogP contribution in [0.25, 0.3) is 0 Å². The molecule has 0 aliphatic carbocycles. The molecule has 1 amide bonds. The molecule has 0 spiro atoms. The lowest BCUT2D eigenvalue weighted by Crippen LogP contribution is -2.31. The van der Waals surface area contributed by atoms with Crippen LogP contribution in [0.15, 0.2) is 53.4 Å². The van der Waals surface area contributed by atoms with Crippen LogP contribution in [0.2, 0.25) is 0 Å². The summed E-state index contributed by atoms with van der Waals surface area (Å²) in [6.45, 7) is 1.71. The molecule has 0 fully saturated rings. The van der Waals surface area contributed by atoms with Crippen LogP contribution < -0.4 is 14.8 Å². The molecule has 25 heavy (non-hydrogen) atoms. The van der Waals surface area contributed by atoms with Crippen molar-refractivity contribution in [1.82, 2.24) is 5.32 Å². The lowest BCUT2D eigenvalue weighted by Gasteiger charge is -2.15. The lowest BCUT2D eigenvalue weighted by molar-refractivity contribution is -0.123. The van der Waals surface area contributed by atoms with Gasteiger partial charge in [0.15, 0.2) is 16.4 Å². The van der Waals surface area contributed by atoms with Crippen molar-refractivity contribution in [2.24, 2.45) is 0 Å². The number of benzene rings is 2. The van der Waals surface area contributed by atoms with Crippen molar-refractivity contribution >= 4 is 15.7 Å². The second kappa shape index (κ2) is 8.02. The summed E-state index contributed by atoms with van der Waals surface area (Å²) < 4.78 is 33.4. The molecule has 0 unspecified atom stereocenters. The maximum atomic E-state index is 12.0. The van der Waals surface area contributed by atoms with E-state index in [1.807, 2.05) is 6.92 Å². The Bertz CT molecular complexity index is 814. The molecule has 0 heterocycles. The number of carbonyl (C=O) groups is 1. The Morgan fingerprint density at radius 2 is 1.60 bits per heavy atom. The molecule has 6 nitrogen and oxygen atoms in total. The standard InChI is InChI=1S/C18H21NO5S/c1-13(14-4-10-17(11-5-14)25(3,21)22)19-18(20)12-24-16-8-6-15(23-2)7-9-16/h4-11,13H,12H2,1-3H3,(H,19,20)/t13-/m1/s1. The first-order valence-electron chi connectivity index (χ1n) is 7.66. The van der Waals surface area contributed by atoms with Gasteiger partial charge in [0, 0.05) is 6.26 Å². The summed E-state index contributed by atoms with van der Waals surface area (Å²) in [4.78, 5) is 12.2. The van der Waals surface area contributed by atoms with Crippen LogP contribution >= 0.6 is 0 Å². The summed E-state index contributed by atoms with van der Waals surface area (Å²) in [5.74, 6) is 1.01. The van der Waals surface area contributed by atoms with Crippen molar-refractivity contribution in [3.05, 3.63) is 54.1 Å².